The summed E-state index contributed by atoms with van der Waals surface area (Å²) in [7, 11) is 0. The van der Waals surface area contributed by atoms with Gasteiger partial charge in [-0.25, -0.2) is 9.18 Å². The predicted octanol–water partition coefficient (Wildman–Crippen LogP) is 2.46. The second kappa shape index (κ2) is 6.39. The van der Waals surface area contributed by atoms with E-state index in [-0.39, 0.29) is 23.1 Å². The molecule has 1 aromatic rings. The number of nitrogens with one attached hydrogen (secondary N) is 1. The lowest BCUT2D eigenvalue weighted by molar-refractivity contribution is -0.118. The highest BCUT2D eigenvalue weighted by Crippen LogP contribution is 2.18. The maximum atomic E-state index is 13.1. The van der Waals surface area contributed by atoms with Gasteiger partial charge in [0.15, 0.2) is 0 Å². The van der Waals surface area contributed by atoms with Crippen molar-refractivity contribution >= 4 is 29.3 Å². The smallest absolute Gasteiger partial charge is 0.337 e. The van der Waals surface area contributed by atoms with Gasteiger partial charge in [0.05, 0.1) is 11.3 Å². The minimum atomic E-state index is -1.21. The summed E-state index contributed by atoms with van der Waals surface area (Å²) in [4.78, 5) is 22.7. The molecular formula is C12H14FNO3S. The number of thioether (sulfide) groups is 1. The highest BCUT2D eigenvalue weighted by molar-refractivity contribution is 7.98. The number of halogens is 1. The highest BCUT2D eigenvalue weighted by Gasteiger charge is 2.17. The van der Waals surface area contributed by atoms with Crippen molar-refractivity contribution in [1.29, 1.82) is 0 Å². The normalized spacial score (nSPS) is 11.9. The fourth-order valence-electron chi connectivity index (χ4n) is 1.39. The molecule has 0 aromatic heterocycles. The van der Waals surface area contributed by atoms with Crippen molar-refractivity contribution in [1.82, 2.24) is 0 Å². The van der Waals surface area contributed by atoms with Crippen LogP contribution in [0.1, 0.15) is 17.3 Å². The average Bonchev–Trinajstić information content (AvgIpc) is 2.28. The van der Waals surface area contributed by atoms with E-state index in [9.17, 15) is 14.0 Å². The van der Waals surface area contributed by atoms with E-state index in [1.54, 1.807) is 6.92 Å². The molecule has 1 atom stereocenters. The Balaban J connectivity index is 2.92. The Kier molecular flexibility index (Phi) is 5.15. The molecule has 0 saturated carbocycles. The monoisotopic (exact) mass is 271 g/mol. The minimum absolute atomic E-state index is 0.0135. The lowest BCUT2D eigenvalue weighted by Crippen LogP contribution is -2.23. The molecule has 0 aliphatic heterocycles. The van der Waals surface area contributed by atoms with Crippen molar-refractivity contribution in [2.75, 3.05) is 17.3 Å². The molecule has 0 spiro atoms. The molecule has 98 valence electrons. The lowest BCUT2D eigenvalue weighted by Gasteiger charge is -2.12. The van der Waals surface area contributed by atoms with E-state index < -0.39 is 11.8 Å². The van der Waals surface area contributed by atoms with Crippen molar-refractivity contribution in [2.45, 2.75) is 6.92 Å². The van der Waals surface area contributed by atoms with Gasteiger partial charge < -0.3 is 10.4 Å². The number of rotatable bonds is 5. The summed E-state index contributed by atoms with van der Waals surface area (Å²) in [5, 5.41) is 11.4. The van der Waals surface area contributed by atoms with Crippen LogP contribution in [0.4, 0.5) is 10.1 Å². The summed E-state index contributed by atoms with van der Waals surface area (Å²) < 4.78 is 13.1. The number of benzene rings is 1. The number of carboxylic acid groups (broad SMARTS) is 1. The van der Waals surface area contributed by atoms with E-state index in [4.69, 9.17) is 5.11 Å². The van der Waals surface area contributed by atoms with Gasteiger partial charge in [-0.05, 0) is 24.5 Å². The first-order chi connectivity index (χ1) is 8.45. The number of carboxylic acids is 1. The van der Waals surface area contributed by atoms with Gasteiger partial charge in [-0.1, -0.05) is 6.92 Å². The van der Waals surface area contributed by atoms with E-state index in [1.165, 1.54) is 11.8 Å². The van der Waals surface area contributed by atoms with E-state index in [1.807, 2.05) is 6.26 Å². The van der Waals surface area contributed by atoms with Crippen LogP contribution in [0.5, 0.6) is 0 Å². The van der Waals surface area contributed by atoms with Gasteiger partial charge >= 0.3 is 5.97 Å². The zero-order valence-electron chi connectivity index (χ0n) is 10.1. The average molecular weight is 271 g/mol. The quantitative estimate of drug-likeness (QED) is 0.863. The number of anilines is 1. The second-order valence-electron chi connectivity index (χ2n) is 3.84. The molecule has 1 unspecified atom stereocenters. The second-order valence-corrected chi connectivity index (χ2v) is 4.75. The van der Waals surface area contributed by atoms with Crippen molar-refractivity contribution in [2.24, 2.45) is 5.92 Å². The molecule has 18 heavy (non-hydrogen) atoms. The van der Waals surface area contributed by atoms with Gasteiger partial charge in [0.2, 0.25) is 5.91 Å². The highest BCUT2D eigenvalue weighted by atomic mass is 32.2. The van der Waals surface area contributed by atoms with Gasteiger partial charge in [-0.2, -0.15) is 11.8 Å². The molecule has 0 fully saturated rings. The van der Waals surface area contributed by atoms with Crippen LogP contribution in [0.2, 0.25) is 0 Å². The summed E-state index contributed by atoms with van der Waals surface area (Å²) in [6.45, 7) is 1.73. The van der Waals surface area contributed by atoms with E-state index in [0.717, 1.165) is 18.2 Å². The van der Waals surface area contributed by atoms with E-state index in [2.05, 4.69) is 5.32 Å². The molecule has 0 saturated heterocycles. The largest absolute Gasteiger partial charge is 0.478 e. The minimum Gasteiger partial charge on any atom is -0.478 e. The molecule has 2 N–H and O–H groups in total. The van der Waals surface area contributed by atoms with Crippen LogP contribution in [0, 0.1) is 11.7 Å². The molecular weight excluding hydrogens is 257 g/mol. The number of carbonyl (C=O) groups is 2. The molecule has 0 heterocycles. The third-order valence-corrected chi connectivity index (χ3v) is 3.17. The molecule has 4 nitrogen and oxygen atoms in total. The summed E-state index contributed by atoms with van der Waals surface area (Å²) in [5.74, 6) is -1.78. The van der Waals surface area contributed by atoms with Crippen LogP contribution in [0.25, 0.3) is 0 Å². The van der Waals surface area contributed by atoms with Crippen LogP contribution in [-0.2, 0) is 4.79 Å². The Labute approximate surface area is 109 Å². The Morgan fingerprint density at radius 3 is 2.72 bits per heavy atom. The first kappa shape index (κ1) is 14.5. The topological polar surface area (TPSA) is 66.4 Å². The fraction of sp³-hybridized carbons (Fsp3) is 0.333. The SMILES string of the molecule is CSCC(C)C(=O)Nc1cc(F)ccc1C(=O)O. The zero-order valence-corrected chi connectivity index (χ0v) is 10.9. The lowest BCUT2D eigenvalue weighted by atomic mass is 10.1. The maximum absolute atomic E-state index is 13.1. The van der Waals surface area contributed by atoms with Gasteiger partial charge in [-0.3, -0.25) is 4.79 Å². The van der Waals surface area contributed by atoms with Crippen molar-refractivity contribution < 1.29 is 19.1 Å². The first-order valence-corrected chi connectivity index (χ1v) is 6.67. The molecule has 1 rings (SSSR count). The van der Waals surface area contributed by atoms with Crippen LogP contribution in [0.3, 0.4) is 0 Å². The summed E-state index contributed by atoms with van der Waals surface area (Å²) in [6, 6.07) is 3.18. The molecule has 0 aliphatic carbocycles. The van der Waals surface area contributed by atoms with Gasteiger partial charge in [0.25, 0.3) is 0 Å². The molecule has 1 amide bonds. The Morgan fingerprint density at radius 1 is 1.50 bits per heavy atom. The molecule has 1 aromatic carbocycles. The summed E-state index contributed by atoms with van der Waals surface area (Å²) in [5.41, 5.74) is -0.137. The number of aromatic carboxylic acids is 1. The molecule has 0 bridgehead atoms. The number of hydrogen-bond donors (Lipinski definition) is 2. The zero-order chi connectivity index (χ0) is 13.7. The standard InChI is InChI=1S/C12H14FNO3S/c1-7(6-18-2)11(15)14-10-5-8(13)3-4-9(10)12(16)17/h3-5,7H,6H2,1-2H3,(H,14,15)(H,16,17). The van der Waals surface area contributed by atoms with Crippen LogP contribution >= 0.6 is 11.8 Å². The Morgan fingerprint density at radius 2 is 2.17 bits per heavy atom. The van der Waals surface area contributed by atoms with E-state index in [0.29, 0.717) is 5.75 Å². The van der Waals surface area contributed by atoms with Crippen LogP contribution in [-0.4, -0.2) is 29.0 Å². The van der Waals surface area contributed by atoms with Crippen LogP contribution in [0.15, 0.2) is 18.2 Å². The number of carbonyl (C=O) groups excluding carboxylic acids is 1. The maximum Gasteiger partial charge on any atom is 0.337 e. The molecule has 0 aliphatic rings. The third kappa shape index (κ3) is 3.73. The predicted molar refractivity (Wildman–Crippen MR) is 69.5 cm³/mol. The number of amides is 1. The first-order valence-electron chi connectivity index (χ1n) is 5.28. The van der Waals surface area contributed by atoms with Gasteiger partial charge in [0, 0.05) is 11.7 Å². The number of hydrogen-bond acceptors (Lipinski definition) is 3. The Hall–Kier alpha value is -1.56. The van der Waals surface area contributed by atoms with Crippen molar-refractivity contribution in [3.63, 3.8) is 0 Å². The molecule has 0 radical (unpaired) electrons. The van der Waals surface area contributed by atoms with Crippen molar-refractivity contribution in [3.05, 3.63) is 29.6 Å². The van der Waals surface area contributed by atoms with Crippen LogP contribution < -0.4 is 5.32 Å². The summed E-state index contributed by atoms with van der Waals surface area (Å²) in [6.07, 6.45) is 1.87. The third-order valence-electron chi connectivity index (χ3n) is 2.33. The van der Waals surface area contributed by atoms with Crippen molar-refractivity contribution in [3.8, 4) is 0 Å². The summed E-state index contributed by atoms with van der Waals surface area (Å²) >= 11 is 1.51. The van der Waals surface area contributed by atoms with Gasteiger partial charge in [0.1, 0.15) is 5.82 Å². The fourth-order valence-corrected chi connectivity index (χ4v) is 2.04. The molecule has 6 heteroatoms. The Bertz CT molecular complexity index is 465. The van der Waals surface area contributed by atoms with E-state index >= 15 is 0 Å². The van der Waals surface area contributed by atoms with Gasteiger partial charge in [-0.15, -0.1) is 0 Å².